The number of nitrogens with zero attached hydrogens (tertiary/aromatic N) is 4. The number of hydrogen-bond acceptors (Lipinski definition) is 5. The van der Waals surface area contributed by atoms with Crippen molar-refractivity contribution in [3.8, 4) is 16.9 Å². The lowest BCUT2D eigenvalue weighted by molar-refractivity contribution is 0.0694. The van der Waals surface area contributed by atoms with Gasteiger partial charge < -0.3 is 9.64 Å². The van der Waals surface area contributed by atoms with Gasteiger partial charge >= 0.3 is 0 Å². The SMILES string of the molecule is CCOc1cc(C(=O)N(CCN2CCCC(F)C2)Cc2cncc3cn[nH]c23)ccc1-c1cccc(F)c1. The van der Waals surface area contributed by atoms with Crippen LogP contribution >= 0.6 is 0 Å². The lowest BCUT2D eigenvalue weighted by Gasteiger charge is -2.31. The van der Waals surface area contributed by atoms with Gasteiger partial charge in [0.2, 0.25) is 0 Å². The highest BCUT2D eigenvalue weighted by Gasteiger charge is 2.23. The summed E-state index contributed by atoms with van der Waals surface area (Å²) in [7, 11) is 0. The molecular formula is C29H31F2N5O2. The van der Waals surface area contributed by atoms with Crippen LogP contribution in [0.4, 0.5) is 8.78 Å². The molecule has 1 saturated heterocycles. The maximum absolute atomic E-state index is 14.0. The molecule has 1 unspecified atom stereocenters. The second-order valence-electron chi connectivity index (χ2n) is 9.55. The smallest absolute Gasteiger partial charge is 0.254 e. The summed E-state index contributed by atoms with van der Waals surface area (Å²) in [5.74, 6) is -0.00860. The van der Waals surface area contributed by atoms with Crippen molar-refractivity contribution >= 4 is 16.8 Å². The molecule has 2 aromatic carbocycles. The van der Waals surface area contributed by atoms with E-state index >= 15 is 0 Å². The number of nitrogens with one attached hydrogen (secondary N) is 1. The number of amides is 1. The van der Waals surface area contributed by atoms with Crippen LogP contribution in [0.5, 0.6) is 5.75 Å². The molecule has 0 bridgehead atoms. The lowest BCUT2D eigenvalue weighted by atomic mass is 10.0. The Kier molecular flexibility index (Phi) is 7.93. The van der Waals surface area contributed by atoms with Gasteiger partial charge in [-0.05, 0) is 62.2 Å². The minimum absolute atomic E-state index is 0.179. The summed E-state index contributed by atoms with van der Waals surface area (Å²) in [6.45, 7) is 4.77. The van der Waals surface area contributed by atoms with Crippen molar-refractivity contribution in [2.45, 2.75) is 32.5 Å². The predicted octanol–water partition coefficient (Wildman–Crippen LogP) is 5.24. The van der Waals surface area contributed by atoms with E-state index < -0.39 is 6.17 Å². The van der Waals surface area contributed by atoms with Crippen LogP contribution in [0.15, 0.2) is 61.1 Å². The largest absolute Gasteiger partial charge is 0.493 e. The number of benzene rings is 2. The summed E-state index contributed by atoms with van der Waals surface area (Å²) in [6, 6.07) is 11.5. The first-order chi connectivity index (χ1) is 18.5. The van der Waals surface area contributed by atoms with Crippen molar-refractivity contribution in [2.24, 2.45) is 0 Å². The van der Waals surface area contributed by atoms with Gasteiger partial charge in [-0.25, -0.2) is 8.78 Å². The van der Waals surface area contributed by atoms with Gasteiger partial charge in [0, 0.05) is 60.6 Å². The number of aromatic nitrogens is 3. The van der Waals surface area contributed by atoms with E-state index in [1.807, 2.05) is 13.0 Å². The number of halogens is 2. The highest BCUT2D eigenvalue weighted by atomic mass is 19.1. The van der Waals surface area contributed by atoms with E-state index in [1.54, 1.807) is 47.8 Å². The molecule has 0 saturated carbocycles. The van der Waals surface area contributed by atoms with Gasteiger partial charge in [-0.15, -0.1) is 0 Å². The summed E-state index contributed by atoms with van der Waals surface area (Å²) in [5, 5.41) is 7.98. The van der Waals surface area contributed by atoms with E-state index in [4.69, 9.17) is 4.74 Å². The summed E-state index contributed by atoms with van der Waals surface area (Å²) in [5.41, 5.74) is 3.52. The van der Waals surface area contributed by atoms with Crippen LogP contribution in [-0.4, -0.2) is 69.8 Å². The molecule has 38 heavy (non-hydrogen) atoms. The molecule has 1 amide bonds. The normalized spacial score (nSPS) is 16.0. The fourth-order valence-electron chi connectivity index (χ4n) is 4.97. The zero-order valence-corrected chi connectivity index (χ0v) is 21.4. The van der Waals surface area contributed by atoms with Crippen molar-refractivity contribution < 1.29 is 18.3 Å². The molecular weight excluding hydrogens is 488 g/mol. The molecule has 1 N–H and O–H groups in total. The molecule has 1 atom stereocenters. The van der Waals surface area contributed by atoms with E-state index in [0.717, 1.165) is 29.4 Å². The number of piperidine rings is 1. The van der Waals surface area contributed by atoms with E-state index in [0.29, 0.717) is 61.6 Å². The van der Waals surface area contributed by atoms with E-state index in [9.17, 15) is 13.6 Å². The van der Waals surface area contributed by atoms with Crippen LogP contribution in [-0.2, 0) is 6.54 Å². The number of fused-ring (bicyclic) bond motifs is 1. The van der Waals surface area contributed by atoms with Gasteiger partial charge in [0.1, 0.15) is 17.7 Å². The predicted molar refractivity (Wildman–Crippen MR) is 142 cm³/mol. The fourth-order valence-corrected chi connectivity index (χ4v) is 4.97. The number of carbonyl (C=O) groups is 1. The Morgan fingerprint density at radius 1 is 1.21 bits per heavy atom. The highest BCUT2D eigenvalue weighted by molar-refractivity contribution is 5.96. The zero-order chi connectivity index (χ0) is 26.5. The first-order valence-corrected chi connectivity index (χ1v) is 13.0. The second kappa shape index (κ2) is 11.7. The highest BCUT2D eigenvalue weighted by Crippen LogP contribution is 2.32. The van der Waals surface area contributed by atoms with Gasteiger partial charge in [-0.1, -0.05) is 12.1 Å². The van der Waals surface area contributed by atoms with Crippen LogP contribution in [0.3, 0.4) is 0 Å². The Morgan fingerprint density at radius 2 is 2.11 bits per heavy atom. The molecule has 3 heterocycles. The third kappa shape index (κ3) is 5.83. The van der Waals surface area contributed by atoms with Crippen molar-refractivity contribution in [3.05, 3.63) is 78.0 Å². The number of hydrogen-bond donors (Lipinski definition) is 1. The molecule has 4 aromatic rings. The van der Waals surface area contributed by atoms with E-state index in [1.165, 1.54) is 12.1 Å². The van der Waals surface area contributed by atoms with Crippen molar-refractivity contribution in [1.29, 1.82) is 0 Å². The molecule has 5 rings (SSSR count). The Morgan fingerprint density at radius 3 is 2.92 bits per heavy atom. The first-order valence-electron chi connectivity index (χ1n) is 13.0. The lowest BCUT2D eigenvalue weighted by Crippen LogP contribution is -2.43. The van der Waals surface area contributed by atoms with Crippen molar-refractivity contribution in [3.63, 3.8) is 0 Å². The Bertz CT molecular complexity index is 1410. The van der Waals surface area contributed by atoms with Gasteiger partial charge in [-0.2, -0.15) is 5.10 Å². The standard InChI is InChI=1S/C29H31F2N5O2/c1-2-38-27-14-21(8-9-26(27)20-5-3-6-24(30)13-20)29(37)36(12-11-35-10-4-7-25(31)19-35)18-23-16-32-15-22-17-33-34-28(22)23/h3,5-6,8-9,13-17,25H,2,4,7,10-12,18-19H2,1H3,(H,33,34). The Labute approximate surface area is 220 Å². The van der Waals surface area contributed by atoms with Crippen molar-refractivity contribution in [1.82, 2.24) is 25.0 Å². The summed E-state index contributed by atoms with van der Waals surface area (Å²) in [6.07, 6.45) is 5.73. The van der Waals surface area contributed by atoms with Gasteiger partial charge in [-0.3, -0.25) is 19.8 Å². The molecule has 198 valence electrons. The molecule has 0 spiro atoms. The number of carbonyl (C=O) groups excluding carboxylic acids is 1. The van der Waals surface area contributed by atoms with Crippen LogP contribution in [0.1, 0.15) is 35.7 Å². The average molecular weight is 520 g/mol. The maximum atomic E-state index is 14.0. The van der Waals surface area contributed by atoms with Crippen LogP contribution in [0, 0.1) is 5.82 Å². The van der Waals surface area contributed by atoms with Crippen molar-refractivity contribution in [2.75, 3.05) is 32.8 Å². The topological polar surface area (TPSA) is 74.3 Å². The van der Waals surface area contributed by atoms with Crippen LogP contribution in [0.2, 0.25) is 0 Å². The Hall–Kier alpha value is -3.85. The number of ether oxygens (including phenoxy) is 1. The minimum atomic E-state index is -0.833. The number of H-pyrrole nitrogens is 1. The zero-order valence-electron chi connectivity index (χ0n) is 21.4. The first kappa shape index (κ1) is 25.8. The molecule has 7 nitrogen and oxygen atoms in total. The summed E-state index contributed by atoms with van der Waals surface area (Å²) >= 11 is 0. The molecule has 1 fully saturated rings. The number of alkyl halides is 1. The maximum Gasteiger partial charge on any atom is 0.254 e. The summed E-state index contributed by atoms with van der Waals surface area (Å²) < 4.78 is 33.8. The molecule has 2 aromatic heterocycles. The average Bonchev–Trinajstić information content (AvgIpc) is 3.41. The third-order valence-electron chi connectivity index (χ3n) is 6.88. The van der Waals surface area contributed by atoms with Gasteiger partial charge in [0.15, 0.2) is 0 Å². The number of likely N-dealkylation sites (tertiary alicyclic amines) is 1. The molecule has 0 aliphatic carbocycles. The van der Waals surface area contributed by atoms with Crippen LogP contribution in [0.25, 0.3) is 22.0 Å². The third-order valence-corrected chi connectivity index (χ3v) is 6.88. The summed E-state index contributed by atoms with van der Waals surface area (Å²) in [4.78, 5) is 22.0. The van der Waals surface area contributed by atoms with E-state index in [-0.39, 0.29) is 11.7 Å². The molecule has 1 aliphatic heterocycles. The van der Waals surface area contributed by atoms with Gasteiger partial charge in [0.25, 0.3) is 5.91 Å². The minimum Gasteiger partial charge on any atom is -0.493 e. The fraction of sp³-hybridized carbons (Fsp3) is 0.345. The van der Waals surface area contributed by atoms with E-state index in [2.05, 4.69) is 20.1 Å². The quantitative estimate of drug-likeness (QED) is 0.327. The molecule has 9 heteroatoms. The van der Waals surface area contributed by atoms with Gasteiger partial charge in [0.05, 0.1) is 18.3 Å². The number of pyridine rings is 1. The second-order valence-corrected chi connectivity index (χ2v) is 9.55. The number of rotatable bonds is 9. The Balaban J connectivity index is 1.44. The van der Waals surface area contributed by atoms with Crippen LogP contribution < -0.4 is 4.74 Å². The monoisotopic (exact) mass is 519 g/mol. The molecule has 1 aliphatic rings. The number of aromatic amines is 1. The molecule has 0 radical (unpaired) electrons.